The highest BCUT2D eigenvalue weighted by molar-refractivity contribution is 5.74. The Labute approximate surface area is 201 Å². The van der Waals surface area contributed by atoms with Gasteiger partial charge in [-0.1, -0.05) is 0 Å². The topological polar surface area (TPSA) is 70.5 Å². The van der Waals surface area contributed by atoms with Gasteiger partial charge in [0.2, 0.25) is 0 Å². The molecule has 186 valence electrons. The van der Waals surface area contributed by atoms with Gasteiger partial charge in [0, 0.05) is 16.9 Å². The number of nitrogens with two attached hydrogens (primary N) is 2. The molecule has 4 aromatic rings. The van der Waals surface area contributed by atoms with Gasteiger partial charge in [0.05, 0.1) is 11.1 Å². The maximum absolute atomic E-state index is 13.5. The van der Waals surface area contributed by atoms with E-state index in [9.17, 15) is 26.3 Å². The fraction of sp³-hybridized carbons (Fsp3) is 0.0769. The lowest BCUT2D eigenvalue weighted by Gasteiger charge is -2.17. The van der Waals surface area contributed by atoms with Gasteiger partial charge in [-0.2, -0.15) is 26.3 Å². The van der Waals surface area contributed by atoms with E-state index in [0.717, 1.165) is 0 Å². The number of ether oxygens (including phenoxy) is 2. The Morgan fingerprint density at radius 2 is 0.944 bits per heavy atom. The zero-order chi connectivity index (χ0) is 26.1. The van der Waals surface area contributed by atoms with Crippen LogP contribution < -0.4 is 20.9 Å². The molecule has 0 heterocycles. The van der Waals surface area contributed by atoms with E-state index in [1.54, 1.807) is 36.4 Å². The molecule has 0 saturated carbocycles. The molecule has 0 saturated heterocycles. The van der Waals surface area contributed by atoms with Crippen LogP contribution in [0.2, 0.25) is 0 Å². The second-order valence-corrected chi connectivity index (χ2v) is 7.79. The number of hydrogen-bond donors (Lipinski definition) is 2. The van der Waals surface area contributed by atoms with E-state index in [2.05, 4.69) is 0 Å². The summed E-state index contributed by atoms with van der Waals surface area (Å²) in [6.45, 7) is 0. The van der Waals surface area contributed by atoms with Crippen molar-refractivity contribution in [3.8, 4) is 34.1 Å². The van der Waals surface area contributed by atoms with E-state index in [4.69, 9.17) is 20.9 Å². The summed E-state index contributed by atoms with van der Waals surface area (Å²) in [7, 11) is 0. The average molecular weight is 504 g/mol. The molecule has 10 heteroatoms. The van der Waals surface area contributed by atoms with Crippen LogP contribution in [-0.4, -0.2) is 0 Å². The molecule has 0 spiro atoms. The maximum atomic E-state index is 13.5. The average Bonchev–Trinajstić information content (AvgIpc) is 2.81. The molecule has 0 aliphatic carbocycles. The quantitative estimate of drug-likeness (QED) is 0.213. The number of rotatable bonds is 5. The minimum Gasteiger partial charge on any atom is -0.457 e. The van der Waals surface area contributed by atoms with Crippen LogP contribution in [0.15, 0.2) is 84.9 Å². The number of hydrogen-bond acceptors (Lipinski definition) is 4. The molecule has 0 aliphatic rings. The molecular formula is C26H18F6N2O2. The summed E-state index contributed by atoms with van der Waals surface area (Å²) in [5, 5.41) is 0. The summed E-state index contributed by atoms with van der Waals surface area (Å²) in [4.78, 5) is 0. The maximum Gasteiger partial charge on any atom is 0.416 e. The van der Waals surface area contributed by atoms with Gasteiger partial charge in [-0.3, -0.25) is 0 Å². The zero-order valence-electron chi connectivity index (χ0n) is 18.3. The second-order valence-electron chi connectivity index (χ2n) is 7.79. The molecule has 36 heavy (non-hydrogen) atoms. The molecule has 0 radical (unpaired) electrons. The molecule has 0 aromatic heterocycles. The first-order chi connectivity index (χ1) is 16.9. The predicted molar refractivity (Wildman–Crippen MR) is 124 cm³/mol. The molecule has 4 rings (SSSR count). The van der Waals surface area contributed by atoms with E-state index in [-0.39, 0.29) is 34.4 Å². The molecule has 0 fully saturated rings. The Hall–Kier alpha value is -4.34. The third kappa shape index (κ3) is 5.83. The Bertz CT molecular complexity index is 1330. The molecule has 4 N–H and O–H groups in total. The van der Waals surface area contributed by atoms with Crippen LogP contribution in [0.1, 0.15) is 11.1 Å². The van der Waals surface area contributed by atoms with Gasteiger partial charge in [0.1, 0.15) is 23.0 Å². The van der Waals surface area contributed by atoms with Crippen molar-refractivity contribution in [2.45, 2.75) is 12.4 Å². The smallest absolute Gasteiger partial charge is 0.416 e. The molecule has 0 bridgehead atoms. The van der Waals surface area contributed by atoms with E-state index in [0.29, 0.717) is 29.3 Å². The fourth-order valence-electron chi connectivity index (χ4n) is 3.33. The lowest BCUT2D eigenvalue weighted by atomic mass is 9.98. The van der Waals surface area contributed by atoms with Gasteiger partial charge in [-0.15, -0.1) is 0 Å². The van der Waals surface area contributed by atoms with E-state index < -0.39 is 23.5 Å². The molecule has 4 aromatic carbocycles. The molecule has 0 amide bonds. The van der Waals surface area contributed by atoms with Crippen molar-refractivity contribution in [1.82, 2.24) is 0 Å². The minimum absolute atomic E-state index is 0.0110. The van der Waals surface area contributed by atoms with Crippen molar-refractivity contribution in [2.24, 2.45) is 0 Å². The van der Waals surface area contributed by atoms with Crippen molar-refractivity contribution in [1.29, 1.82) is 0 Å². The Kier molecular flexibility index (Phi) is 6.45. The van der Waals surface area contributed by atoms with E-state index >= 15 is 0 Å². The van der Waals surface area contributed by atoms with Crippen molar-refractivity contribution in [3.05, 3.63) is 96.1 Å². The summed E-state index contributed by atoms with van der Waals surface area (Å²) >= 11 is 0. The normalized spacial score (nSPS) is 11.8. The second kappa shape index (κ2) is 9.37. The standard InChI is InChI=1S/C26H18F6N2O2/c27-25(28,29)16-11-15(12-17(13-16)26(30,31)32)23-14-22(35-20-5-1-18(33)2-6-20)9-10-24(23)36-21-7-3-19(34)4-8-21/h1-14H,33-34H2. The zero-order valence-corrected chi connectivity index (χ0v) is 18.3. The third-order valence-corrected chi connectivity index (χ3v) is 5.07. The van der Waals surface area contributed by atoms with Gasteiger partial charge >= 0.3 is 12.4 Å². The van der Waals surface area contributed by atoms with Crippen LogP contribution in [0.4, 0.5) is 37.7 Å². The van der Waals surface area contributed by atoms with Gasteiger partial charge in [-0.25, -0.2) is 0 Å². The van der Waals surface area contributed by atoms with E-state index in [1.807, 2.05) is 0 Å². The van der Waals surface area contributed by atoms with Crippen LogP contribution >= 0.6 is 0 Å². The number of nitrogen functional groups attached to an aromatic ring is 2. The number of benzene rings is 4. The van der Waals surface area contributed by atoms with Gasteiger partial charge < -0.3 is 20.9 Å². The first-order valence-corrected chi connectivity index (χ1v) is 10.4. The molecule has 4 nitrogen and oxygen atoms in total. The third-order valence-electron chi connectivity index (χ3n) is 5.07. The molecule has 0 aliphatic heterocycles. The lowest BCUT2D eigenvalue weighted by molar-refractivity contribution is -0.143. The van der Waals surface area contributed by atoms with Gasteiger partial charge in [-0.05, 0) is 90.5 Å². The first-order valence-electron chi connectivity index (χ1n) is 10.4. The van der Waals surface area contributed by atoms with Crippen LogP contribution in [0.25, 0.3) is 11.1 Å². The van der Waals surface area contributed by atoms with Crippen molar-refractivity contribution >= 4 is 11.4 Å². The fourth-order valence-corrected chi connectivity index (χ4v) is 3.33. The van der Waals surface area contributed by atoms with E-state index in [1.165, 1.54) is 30.3 Å². The molecular weight excluding hydrogens is 486 g/mol. The minimum atomic E-state index is -5.01. The van der Waals surface area contributed by atoms with Crippen molar-refractivity contribution in [2.75, 3.05) is 11.5 Å². The predicted octanol–water partition coefficient (Wildman–Crippen LogP) is 8.14. The monoisotopic (exact) mass is 504 g/mol. The summed E-state index contributed by atoms with van der Waals surface area (Å²) in [6.07, 6.45) is -10.0. The van der Waals surface area contributed by atoms with Crippen LogP contribution in [0, 0.1) is 0 Å². The molecule has 0 atom stereocenters. The summed E-state index contributed by atoms with van der Waals surface area (Å²) < 4.78 is 92.5. The summed E-state index contributed by atoms with van der Waals surface area (Å²) in [5.41, 5.74) is 8.96. The SMILES string of the molecule is Nc1ccc(Oc2ccc(Oc3ccc(N)cc3)c(-c3cc(C(F)(F)F)cc(C(F)(F)F)c3)c2)cc1. The highest BCUT2D eigenvalue weighted by atomic mass is 19.4. The lowest BCUT2D eigenvalue weighted by Crippen LogP contribution is -2.11. The Morgan fingerprint density at radius 1 is 0.500 bits per heavy atom. The van der Waals surface area contributed by atoms with Crippen molar-refractivity contribution < 1.29 is 35.8 Å². The van der Waals surface area contributed by atoms with Crippen LogP contribution in [0.3, 0.4) is 0 Å². The van der Waals surface area contributed by atoms with Crippen LogP contribution in [0.5, 0.6) is 23.0 Å². The van der Waals surface area contributed by atoms with Crippen molar-refractivity contribution in [3.63, 3.8) is 0 Å². The highest BCUT2D eigenvalue weighted by Gasteiger charge is 2.37. The van der Waals surface area contributed by atoms with Gasteiger partial charge in [0.15, 0.2) is 0 Å². The Balaban J connectivity index is 1.86. The Morgan fingerprint density at radius 3 is 1.42 bits per heavy atom. The number of alkyl halides is 6. The first kappa shape index (κ1) is 24.8. The van der Waals surface area contributed by atoms with Crippen LogP contribution in [-0.2, 0) is 12.4 Å². The summed E-state index contributed by atoms with van der Waals surface area (Å²) in [5.74, 6) is 0.810. The molecule has 0 unspecified atom stereocenters. The number of anilines is 2. The number of halogens is 6. The largest absolute Gasteiger partial charge is 0.457 e. The summed E-state index contributed by atoms with van der Waals surface area (Å²) in [6, 6.07) is 17.9. The van der Waals surface area contributed by atoms with Gasteiger partial charge in [0.25, 0.3) is 0 Å². The highest BCUT2D eigenvalue weighted by Crippen LogP contribution is 2.43.